The van der Waals surface area contributed by atoms with Crippen molar-refractivity contribution in [1.29, 1.82) is 0 Å². The monoisotopic (exact) mass is 314 g/mol. The molecule has 1 unspecified atom stereocenters. The van der Waals surface area contributed by atoms with E-state index in [0.717, 1.165) is 18.0 Å². The summed E-state index contributed by atoms with van der Waals surface area (Å²) < 4.78 is 46.1. The number of halogens is 3. The van der Waals surface area contributed by atoms with Crippen LogP contribution < -0.4 is 5.19 Å². The van der Waals surface area contributed by atoms with Gasteiger partial charge in [0.1, 0.15) is 0 Å². The molecule has 1 aromatic rings. The molecule has 2 rings (SSSR count). The van der Waals surface area contributed by atoms with Crippen LogP contribution >= 0.6 is 0 Å². The van der Waals surface area contributed by atoms with Crippen LogP contribution in [0.15, 0.2) is 42.0 Å². The third-order valence-electron chi connectivity index (χ3n) is 3.88. The van der Waals surface area contributed by atoms with Gasteiger partial charge in [0.2, 0.25) is 8.32 Å². The predicted molar refractivity (Wildman–Crippen MR) is 81.0 cm³/mol. The van der Waals surface area contributed by atoms with Crippen LogP contribution in [0.5, 0.6) is 0 Å². The molecule has 0 spiro atoms. The molecule has 0 saturated carbocycles. The van der Waals surface area contributed by atoms with Crippen LogP contribution in [0.3, 0.4) is 0 Å². The van der Waals surface area contributed by atoms with Crippen molar-refractivity contribution in [2.45, 2.75) is 51.1 Å². The van der Waals surface area contributed by atoms with Gasteiger partial charge in [-0.3, -0.25) is 0 Å². The van der Waals surface area contributed by atoms with Crippen molar-refractivity contribution in [3.8, 4) is 0 Å². The molecule has 0 aliphatic heterocycles. The van der Waals surface area contributed by atoms with Crippen molar-refractivity contribution < 1.29 is 17.6 Å². The van der Waals surface area contributed by atoms with Crippen LogP contribution in [0.2, 0.25) is 13.1 Å². The molecule has 0 heterocycles. The summed E-state index contributed by atoms with van der Waals surface area (Å²) in [6, 6.07) is 9.24. The van der Waals surface area contributed by atoms with E-state index in [0.29, 0.717) is 12.0 Å². The highest BCUT2D eigenvalue weighted by molar-refractivity contribution is 6.84. The van der Waals surface area contributed by atoms with Gasteiger partial charge < -0.3 is 4.43 Å². The SMILES string of the molecule is CCCCC1=CC1(O[Si](C)(C)c1ccccc1)C(F)(F)F. The lowest BCUT2D eigenvalue weighted by Crippen LogP contribution is -2.53. The van der Waals surface area contributed by atoms with Gasteiger partial charge in [-0.25, -0.2) is 0 Å². The number of unbranched alkanes of at least 4 members (excludes halogenated alkanes) is 1. The largest absolute Gasteiger partial charge is 0.424 e. The smallest absolute Gasteiger partial charge is 0.393 e. The molecule has 0 radical (unpaired) electrons. The maximum absolute atomic E-state index is 13.5. The second-order valence-corrected chi connectivity index (χ2v) is 9.79. The van der Waals surface area contributed by atoms with E-state index in [1.807, 2.05) is 50.3 Å². The first-order valence-corrected chi connectivity index (χ1v) is 10.2. The average Bonchev–Trinajstić information content (AvgIpc) is 3.11. The zero-order chi connectivity index (χ0) is 15.7. The number of alkyl halides is 3. The van der Waals surface area contributed by atoms with E-state index in [-0.39, 0.29) is 0 Å². The Hall–Kier alpha value is -1.07. The molecule has 1 aromatic carbocycles. The molecule has 5 heteroatoms. The number of hydrogen-bond acceptors (Lipinski definition) is 1. The molecule has 0 saturated heterocycles. The summed E-state index contributed by atoms with van der Waals surface area (Å²) in [5, 5.41) is 0.878. The molecule has 0 bridgehead atoms. The number of rotatable bonds is 6. The van der Waals surface area contributed by atoms with Crippen molar-refractivity contribution in [1.82, 2.24) is 0 Å². The summed E-state index contributed by atoms with van der Waals surface area (Å²) in [7, 11) is -2.62. The molecule has 116 valence electrons. The first kappa shape index (κ1) is 16.3. The van der Waals surface area contributed by atoms with E-state index in [9.17, 15) is 13.2 Å². The molecule has 21 heavy (non-hydrogen) atoms. The van der Waals surface area contributed by atoms with Gasteiger partial charge in [-0.2, -0.15) is 13.2 Å². The zero-order valence-electron chi connectivity index (χ0n) is 12.6. The summed E-state index contributed by atoms with van der Waals surface area (Å²) in [5.74, 6) is 0. The Kier molecular flexibility index (Phi) is 4.35. The fourth-order valence-electron chi connectivity index (χ4n) is 2.55. The summed E-state index contributed by atoms with van der Waals surface area (Å²) >= 11 is 0. The molecule has 0 amide bonds. The summed E-state index contributed by atoms with van der Waals surface area (Å²) in [6.07, 6.45) is -0.990. The minimum Gasteiger partial charge on any atom is -0.393 e. The standard InChI is InChI=1S/C16H21F3OSi/c1-4-5-9-13-12-15(13,16(17,18)19)20-21(2,3)14-10-7-6-8-11-14/h6-8,10-12H,4-5,9H2,1-3H3. The third-order valence-corrected chi connectivity index (χ3v) is 6.43. The van der Waals surface area contributed by atoms with Crippen LogP contribution in [0.25, 0.3) is 0 Å². The lowest BCUT2D eigenvalue weighted by molar-refractivity contribution is -0.203. The van der Waals surface area contributed by atoms with Crippen molar-refractivity contribution in [2.24, 2.45) is 0 Å². The number of hydrogen-bond donors (Lipinski definition) is 0. The van der Waals surface area contributed by atoms with Crippen LogP contribution in [-0.4, -0.2) is 20.1 Å². The highest BCUT2D eigenvalue weighted by atomic mass is 28.4. The molecule has 1 aliphatic rings. The van der Waals surface area contributed by atoms with Crippen molar-refractivity contribution in [2.75, 3.05) is 0 Å². The Balaban J connectivity index is 2.18. The zero-order valence-corrected chi connectivity index (χ0v) is 13.6. The van der Waals surface area contributed by atoms with Crippen LogP contribution in [0.1, 0.15) is 26.2 Å². The Morgan fingerprint density at radius 1 is 1.14 bits per heavy atom. The molecule has 1 nitrogen and oxygen atoms in total. The highest BCUT2D eigenvalue weighted by Gasteiger charge is 2.66. The minimum atomic E-state index is -4.37. The molecule has 0 fully saturated rings. The van der Waals surface area contributed by atoms with Gasteiger partial charge in [-0.05, 0) is 42.8 Å². The van der Waals surface area contributed by atoms with Gasteiger partial charge in [-0.1, -0.05) is 43.7 Å². The van der Waals surface area contributed by atoms with Crippen LogP contribution in [-0.2, 0) is 4.43 Å². The molecular weight excluding hydrogens is 293 g/mol. The normalized spacial score (nSPS) is 22.1. The maximum Gasteiger partial charge on any atom is 0.424 e. The molecule has 1 aliphatic carbocycles. The maximum atomic E-state index is 13.5. The van der Waals surface area contributed by atoms with Crippen molar-refractivity contribution in [3.05, 3.63) is 42.0 Å². The second-order valence-electron chi connectivity index (χ2n) is 5.98. The van der Waals surface area contributed by atoms with E-state index in [1.54, 1.807) is 0 Å². The van der Waals surface area contributed by atoms with Gasteiger partial charge in [0.25, 0.3) is 0 Å². The summed E-state index contributed by atoms with van der Waals surface area (Å²) in [5.41, 5.74) is -1.71. The first-order chi connectivity index (χ1) is 9.73. The molecular formula is C16H21F3OSi. The van der Waals surface area contributed by atoms with Crippen LogP contribution in [0.4, 0.5) is 13.2 Å². The van der Waals surface area contributed by atoms with E-state index in [2.05, 4.69) is 0 Å². The van der Waals surface area contributed by atoms with E-state index in [4.69, 9.17) is 4.43 Å². The second kappa shape index (κ2) is 5.61. The van der Waals surface area contributed by atoms with Gasteiger partial charge in [0.05, 0.1) is 0 Å². The van der Waals surface area contributed by atoms with Crippen molar-refractivity contribution in [3.63, 3.8) is 0 Å². The van der Waals surface area contributed by atoms with Crippen LogP contribution in [0, 0.1) is 0 Å². The van der Waals surface area contributed by atoms with E-state index >= 15 is 0 Å². The summed E-state index contributed by atoms with van der Waals surface area (Å²) in [4.78, 5) is 0. The molecule has 0 aromatic heterocycles. The van der Waals surface area contributed by atoms with Crippen molar-refractivity contribution >= 4 is 13.5 Å². The van der Waals surface area contributed by atoms with Gasteiger partial charge in [-0.15, -0.1) is 0 Å². The van der Waals surface area contributed by atoms with E-state index in [1.165, 1.54) is 6.08 Å². The lowest BCUT2D eigenvalue weighted by Gasteiger charge is -2.33. The average molecular weight is 314 g/mol. The third kappa shape index (κ3) is 3.24. The Labute approximate surface area is 124 Å². The lowest BCUT2D eigenvalue weighted by atomic mass is 10.1. The molecule has 1 atom stereocenters. The minimum absolute atomic E-state index is 0.397. The summed E-state index contributed by atoms with van der Waals surface area (Å²) in [6.45, 7) is 5.61. The van der Waals surface area contributed by atoms with Gasteiger partial charge in [0.15, 0.2) is 5.60 Å². The Morgan fingerprint density at radius 3 is 2.29 bits per heavy atom. The molecule has 0 N–H and O–H groups in total. The Bertz CT molecular complexity index is 522. The quantitative estimate of drug-likeness (QED) is 0.553. The first-order valence-electron chi connectivity index (χ1n) is 7.27. The fraction of sp³-hybridized carbons (Fsp3) is 0.500. The fourth-order valence-corrected chi connectivity index (χ4v) is 4.78. The Morgan fingerprint density at radius 2 is 1.76 bits per heavy atom. The van der Waals surface area contributed by atoms with Gasteiger partial charge in [0, 0.05) is 0 Å². The van der Waals surface area contributed by atoms with E-state index < -0.39 is 20.1 Å². The number of benzene rings is 1. The van der Waals surface area contributed by atoms with Gasteiger partial charge >= 0.3 is 6.18 Å². The highest BCUT2D eigenvalue weighted by Crippen LogP contribution is 2.53. The predicted octanol–water partition coefficient (Wildman–Crippen LogP) is 4.55. The topological polar surface area (TPSA) is 9.23 Å².